The first-order valence-electron chi connectivity index (χ1n) is 8.90. The Morgan fingerprint density at radius 2 is 2.04 bits per heavy atom. The second-order valence-corrected chi connectivity index (χ2v) is 7.11. The second kappa shape index (κ2) is 6.07. The van der Waals surface area contributed by atoms with E-state index in [0.717, 1.165) is 67.8 Å². The van der Waals surface area contributed by atoms with Crippen LogP contribution in [-0.2, 0) is 12.8 Å². The van der Waals surface area contributed by atoms with Crippen LogP contribution in [-0.4, -0.2) is 27.7 Å². The van der Waals surface area contributed by atoms with Crippen LogP contribution in [0.2, 0.25) is 0 Å². The van der Waals surface area contributed by atoms with Gasteiger partial charge >= 0.3 is 0 Å². The van der Waals surface area contributed by atoms with Gasteiger partial charge < -0.3 is 13.9 Å². The molecule has 3 heterocycles. The van der Waals surface area contributed by atoms with Crippen LogP contribution in [0.5, 0.6) is 0 Å². The fourth-order valence-corrected chi connectivity index (χ4v) is 3.74. The smallest absolute Gasteiger partial charge is 0.293 e. The van der Waals surface area contributed by atoms with Gasteiger partial charge in [-0.05, 0) is 38.5 Å². The fraction of sp³-hybridized carbons (Fsp3) is 0.611. The molecular weight excluding hydrogens is 306 g/mol. The van der Waals surface area contributed by atoms with Crippen LogP contribution < -0.4 is 0 Å². The summed E-state index contributed by atoms with van der Waals surface area (Å²) in [4.78, 5) is 14.9. The molecular formula is C18H23N3O3. The van der Waals surface area contributed by atoms with Crippen molar-refractivity contribution in [3.05, 3.63) is 34.5 Å². The van der Waals surface area contributed by atoms with Crippen molar-refractivity contribution in [2.24, 2.45) is 0 Å². The third-order valence-electron chi connectivity index (χ3n) is 5.12. The molecule has 6 heteroatoms. The van der Waals surface area contributed by atoms with E-state index in [1.165, 1.54) is 0 Å². The Balaban J connectivity index is 1.60. The number of likely N-dealkylation sites (tertiary alicyclic amines) is 1. The van der Waals surface area contributed by atoms with Gasteiger partial charge in [-0.25, -0.2) is 0 Å². The molecule has 128 valence electrons. The van der Waals surface area contributed by atoms with Gasteiger partial charge in [-0.3, -0.25) is 4.79 Å². The predicted molar refractivity (Wildman–Crippen MR) is 86.7 cm³/mol. The number of hydrogen-bond acceptors (Lipinski definition) is 5. The van der Waals surface area contributed by atoms with Crippen molar-refractivity contribution in [3.8, 4) is 0 Å². The molecule has 0 N–H and O–H groups in total. The van der Waals surface area contributed by atoms with Crippen LogP contribution in [0.1, 0.15) is 84.8 Å². The monoisotopic (exact) mass is 329 g/mol. The number of hydrogen-bond donors (Lipinski definition) is 0. The zero-order valence-corrected chi connectivity index (χ0v) is 14.2. The Morgan fingerprint density at radius 3 is 2.83 bits per heavy atom. The quantitative estimate of drug-likeness (QED) is 0.859. The minimum absolute atomic E-state index is 0.0295. The van der Waals surface area contributed by atoms with E-state index >= 15 is 0 Å². The first-order valence-corrected chi connectivity index (χ1v) is 8.90. The third-order valence-corrected chi connectivity index (χ3v) is 5.12. The minimum atomic E-state index is -0.0535. The van der Waals surface area contributed by atoms with Crippen molar-refractivity contribution in [2.45, 2.75) is 64.3 Å². The van der Waals surface area contributed by atoms with Crippen LogP contribution in [0.25, 0.3) is 0 Å². The van der Waals surface area contributed by atoms with E-state index < -0.39 is 0 Å². The van der Waals surface area contributed by atoms with Gasteiger partial charge in [-0.1, -0.05) is 24.2 Å². The Hall–Kier alpha value is -2.11. The van der Waals surface area contributed by atoms with E-state index in [1.807, 2.05) is 11.0 Å². The van der Waals surface area contributed by atoms with Gasteiger partial charge in [0.2, 0.25) is 5.76 Å². The van der Waals surface area contributed by atoms with Gasteiger partial charge in [-0.15, -0.1) is 0 Å². The minimum Gasteiger partial charge on any atom is -0.361 e. The van der Waals surface area contributed by atoms with Gasteiger partial charge in [0, 0.05) is 24.1 Å². The molecule has 6 nitrogen and oxygen atoms in total. The molecule has 24 heavy (non-hydrogen) atoms. The number of carbonyl (C=O) groups excluding carboxylic acids is 1. The number of aryl methyl sites for hydroxylation is 1. The van der Waals surface area contributed by atoms with Crippen molar-refractivity contribution >= 4 is 5.91 Å². The van der Waals surface area contributed by atoms with Crippen molar-refractivity contribution in [3.63, 3.8) is 0 Å². The second-order valence-electron chi connectivity index (χ2n) is 7.11. The van der Waals surface area contributed by atoms with Crippen LogP contribution >= 0.6 is 0 Å². The van der Waals surface area contributed by atoms with Crippen LogP contribution in [0.15, 0.2) is 15.1 Å². The summed E-state index contributed by atoms with van der Waals surface area (Å²) in [5.74, 6) is 1.53. The largest absolute Gasteiger partial charge is 0.361 e. The number of amides is 1. The van der Waals surface area contributed by atoms with Gasteiger partial charge in [0.1, 0.15) is 11.5 Å². The van der Waals surface area contributed by atoms with E-state index in [-0.39, 0.29) is 17.9 Å². The van der Waals surface area contributed by atoms with Gasteiger partial charge in [0.25, 0.3) is 5.91 Å². The van der Waals surface area contributed by atoms with E-state index in [2.05, 4.69) is 24.2 Å². The summed E-state index contributed by atoms with van der Waals surface area (Å²) in [6.07, 6.45) is 5.90. The highest BCUT2D eigenvalue weighted by Crippen LogP contribution is 2.35. The lowest BCUT2D eigenvalue weighted by atomic mass is 9.95. The van der Waals surface area contributed by atoms with Crippen molar-refractivity contribution in [1.29, 1.82) is 0 Å². The lowest BCUT2D eigenvalue weighted by Gasteiger charge is -2.22. The summed E-state index contributed by atoms with van der Waals surface area (Å²) in [6.45, 7) is 4.87. The number of aromatic nitrogens is 2. The van der Waals surface area contributed by atoms with E-state index in [0.29, 0.717) is 5.76 Å². The molecule has 2 aliphatic rings. The highest BCUT2D eigenvalue weighted by molar-refractivity contribution is 5.93. The molecule has 1 amide bonds. The molecule has 0 aromatic carbocycles. The lowest BCUT2D eigenvalue weighted by molar-refractivity contribution is 0.0687. The van der Waals surface area contributed by atoms with Crippen molar-refractivity contribution in [1.82, 2.24) is 15.2 Å². The average Bonchev–Trinajstić information content (AvgIpc) is 3.31. The van der Waals surface area contributed by atoms with Crippen molar-refractivity contribution in [2.75, 3.05) is 6.54 Å². The number of rotatable bonds is 3. The Labute approximate surface area is 141 Å². The molecule has 1 aliphatic carbocycles. The molecule has 0 spiro atoms. The molecule has 1 aliphatic heterocycles. The number of carbonyl (C=O) groups is 1. The summed E-state index contributed by atoms with van der Waals surface area (Å²) in [6, 6.07) is 1.95. The zero-order chi connectivity index (χ0) is 16.7. The summed E-state index contributed by atoms with van der Waals surface area (Å²) in [5.41, 5.74) is 2.82. The average molecular weight is 329 g/mol. The standard InChI is InChI=1S/C18H23N3O3/c1-11(2)16-10-14(20-23-16)15-8-5-9-21(15)18(22)17-12-6-3-4-7-13(12)19-24-17/h10-11,15H,3-9H2,1-2H3/t15-/m1/s1. The molecule has 0 unspecified atom stereocenters. The SMILES string of the molecule is CC(C)c1cc([C@H]2CCCN2C(=O)c2onc3c2CCCC3)no1. The van der Waals surface area contributed by atoms with E-state index in [1.54, 1.807) is 0 Å². The molecule has 4 rings (SSSR count). The maximum Gasteiger partial charge on any atom is 0.293 e. The fourth-order valence-electron chi connectivity index (χ4n) is 3.74. The maximum absolute atomic E-state index is 13.0. The first-order chi connectivity index (χ1) is 11.6. The highest BCUT2D eigenvalue weighted by atomic mass is 16.5. The molecule has 0 bridgehead atoms. The topological polar surface area (TPSA) is 72.4 Å². The zero-order valence-electron chi connectivity index (χ0n) is 14.2. The summed E-state index contributed by atoms with van der Waals surface area (Å²) < 4.78 is 10.9. The van der Waals surface area contributed by atoms with E-state index in [9.17, 15) is 4.79 Å². The predicted octanol–water partition coefficient (Wildman–Crippen LogP) is 3.64. The Bertz CT molecular complexity index is 747. The molecule has 2 aromatic rings. The molecule has 0 saturated carbocycles. The molecule has 1 saturated heterocycles. The Kier molecular flexibility index (Phi) is 3.90. The number of fused-ring (bicyclic) bond motifs is 1. The first kappa shape index (κ1) is 15.4. The Morgan fingerprint density at radius 1 is 1.21 bits per heavy atom. The molecule has 0 radical (unpaired) electrons. The van der Waals surface area contributed by atoms with Crippen LogP contribution in [0.4, 0.5) is 0 Å². The number of nitrogens with zero attached hydrogens (tertiary/aromatic N) is 3. The molecule has 2 aromatic heterocycles. The van der Waals surface area contributed by atoms with Gasteiger partial charge in [-0.2, -0.15) is 0 Å². The summed E-state index contributed by atoms with van der Waals surface area (Å²) in [7, 11) is 0. The van der Waals surface area contributed by atoms with Gasteiger partial charge in [0.05, 0.1) is 11.7 Å². The van der Waals surface area contributed by atoms with Gasteiger partial charge in [0.15, 0.2) is 0 Å². The van der Waals surface area contributed by atoms with Crippen LogP contribution in [0.3, 0.4) is 0 Å². The van der Waals surface area contributed by atoms with Crippen LogP contribution in [0, 0.1) is 0 Å². The van der Waals surface area contributed by atoms with E-state index in [4.69, 9.17) is 9.05 Å². The summed E-state index contributed by atoms with van der Waals surface area (Å²) >= 11 is 0. The highest BCUT2D eigenvalue weighted by Gasteiger charge is 2.36. The van der Waals surface area contributed by atoms with Crippen molar-refractivity contribution < 1.29 is 13.8 Å². The maximum atomic E-state index is 13.0. The summed E-state index contributed by atoms with van der Waals surface area (Å²) in [5, 5.41) is 8.32. The lowest BCUT2D eigenvalue weighted by Crippen LogP contribution is -2.31. The molecule has 1 atom stereocenters. The third kappa shape index (κ3) is 2.54. The normalized spacial score (nSPS) is 20.6. The molecule has 1 fully saturated rings.